The number of benzene rings is 1. The molecule has 2 nitrogen and oxygen atoms in total. The van der Waals surface area contributed by atoms with E-state index in [-0.39, 0.29) is 11.7 Å². The molecule has 0 saturated heterocycles. The van der Waals surface area contributed by atoms with Crippen LogP contribution in [0.5, 0.6) is 0 Å². The number of carbonyl (C=O) groups excluding carboxylic acids is 1. The van der Waals surface area contributed by atoms with E-state index >= 15 is 0 Å². The van der Waals surface area contributed by atoms with Crippen LogP contribution in [0.15, 0.2) is 41.5 Å². The van der Waals surface area contributed by atoms with Crippen LogP contribution in [0, 0.1) is 0 Å². The maximum atomic E-state index is 12.3. The molecule has 0 spiro atoms. The third kappa shape index (κ3) is 2.06. The molecule has 1 aromatic heterocycles. The normalized spacial score (nSPS) is 21.5. The number of allylic oxidation sites excluding steroid dienone is 4. The smallest absolute Gasteiger partial charge is 0.163 e. The van der Waals surface area contributed by atoms with Gasteiger partial charge in [0.15, 0.2) is 5.78 Å². The summed E-state index contributed by atoms with van der Waals surface area (Å²) in [6.45, 7) is 0. The molecule has 1 unspecified atom stereocenters. The fourth-order valence-corrected chi connectivity index (χ4v) is 3.79. The average molecular weight is 298 g/mol. The van der Waals surface area contributed by atoms with Crippen LogP contribution >= 0.6 is 11.6 Å². The molecule has 0 aliphatic heterocycles. The van der Waals surface area contributed by atoms with E-state index in [1.54, 1.807) is 0 Å². The highest BCUT2D eigenvalue weighted by Gasteiger charge is 2.24. The first-order valence-electron chi connectivity index (χ1n) is 7.44. The van der Waals surface area contributed by atoms with Crippen molar-refractivity contribution < 1.29 is 4.79 Å². The Morgan fingerprint density at radius 3 is 3.00 bits per heavy atom. The van der Waals surface area contributed by atoms with E-state index in [1.165, 1.54) is 11.3 Å². The lowest BCUT2D eigenvalue weighted by Gasteiger charge is -2.15. The van der Waals surface area contributed by atoms with Gasteiger partial charge in [-0.25, -0.2) is 0 Å². The number of hydrogen-bond donors (Lipinski definition) is 1. The van der Waals surface area contributed by atoms with E-state index < -0.39 is 0 Å². The molecule has 0 fully saturated rings. The maximum absolute atomic E-state index is 12.3. The summed E-state index contributed by atoms with van der Waals surface area (Å²) in [7, 11) is 0. The molecule has 3 heteroatoms. The van der Waals surface area contributed by atoms with Crippen molar-refractivity contribution in [2.45, 2.75) is 31.6 Å². The molecule has 0 bridgehead atoms. The predicted molar refractivity (Wildman–Crippen MR) is 86.0 cm³/mol. The fourth-order valence-electron chi connectivity index (χ4n) is 3.55. The van der Waals surface area contributed by atoms with Gasteiger partial charge in [-0.2, -0.15) is 0 Å². The van der Waals surface area contributed by atoms with Gasteiger partial charge in [0.1, 0.15) is 0 Å². The second-order valence-electron chi connectivity index (χ2n) is 5.82. The Morgan fingerprint density at radius 2 is 2.14 bits per heavy atom. The lowest BCUT2D eigenvalue weighted by Crippen LogP contribution is -2.02. The first kappa shape index (κ1) is 12.9. The molecule has 1 N–H and O–H groups in total. The van der Waals surface area contributed by atoms with Crippen molar-refractivity contribution in [1.82, 2.24) is 4.98 Å². The van der Waals surface area contributed by atoms with Gasteiger partial charge in [-0.05, 0) is 37.0 Å². The number of H-pyrrole nitrogens is 1. The molecule has 1 heterocycles. The molecule has 21 heavy (non-hydrogen) atoms. The van der Waals surface area contributed by atoms with Gasteiger partial charge in [0.05, 0.1) is 0 Å². The van der Waals surface area contributed by atoms with Crippen molar-refractivity contribution >= 4 is 28.3 Å². The topological polar surface area (TPSA) is 32.9 Å². The Bertz CT molecular complexity index is 797. The minimum atomic E-state index is 0.266. The number of aryl methyl sites for hydroxylation is 1. The van der Waals surface area contributed by atoms with E-state index in [1.807, 2.05) is 18.2 Å². The Balaban J connectivity index is 1.95. The highest BCUT2D eigenvalue weighted by atomic mass is 35.5. The summed E-state index contributed by atoms with van der Waals surface area (Å²) in [5.74, 6) is 0.549. The van der Waals surface area contributed by atoms with E-state index in [2.05, 4.69) is 23.2 Å². The van der Waals surface area contributed by atoms with Crippen LogP contribution < -0.4 is 0 Å². The first-order valence-corrected chi connectivity index (χ1v) is 7.82. The van der Waals surface area contributed by atoms with Gasteiger partial charge in [0.2, 0.25) is 0 Å². The Morgan fingerprint density at radius 1 is 1.24 bits per heavy atom. The number of hydrogen-bond acceptors (Lipinski definition) is 1. The van der Waals surface area contributed by atoms with Gasteiger partial charge < -0.3 is 4.98 Å². The number of carbonyl (C=O) groups is 1. The number of ketones is 1. The molecular formula is C18H16ClNO. The molecule has 2 aliphatic rings. The van der Waals surface area contributed by atoms with Gasteiger partial charge >= 0.3 is 0 Å². The van der Waals surface area contributed by atoms with Crippen LogP contribution in [0.3, 0.4) is 0 Å². The number of rotatable bonds is 1. The predicted octanol–water partition coefficient (Wildman–Crippen LogP) is 4.85. The second kappa shape index (κ2) is 4.88. The number of nitrogens with one attached hydrogen (secondary N) is 1. The van der Waals surface area contributed by atoms with E-state index in [9.17, 15) is 4.79 Å². The molecule has 4 rings (SSSR count). The summed E-state index contributed by atoms with van der Waals surface area (Å²) in [5, 5.41) is 1.93. The molecule has 106 valence electrons. The third-order valence-corrected chi connectivity index (χ3v) is 4.74. The van der Waals surface area contributed by atoms with Crippen LogP contribution in [0.1, 0.15) is 46.8 Å². The summed E-state index contributed by atoms with van der Waals surface area (Å²) in [5.41, 5.74) is 4.50. The van der Waals surface area contributed by atoms with Crippen molar-refractivity contribution in [3.8, 4) is 0 Å². The maximum Gasteiger partial charge on any atom is 0.163 e. The van der Waals surface area contributed by atoms with E-state index in [0.717, 1.165) is 40.8 Å². The molecule has 1 aromatic carbocycles. The van der Waals surface area contributed by atoms with Crippen molar-refractivity contribution in [2.75, 3.05) is 0 Å². The zero-order chi connectivity index (χ0) is 14.4. The van der Waals surface area contributed by atoms with Gasteiger partial charge in [-0.3, -0.25) is 4.79 Å². The number of aromatic nitrogens is 1. The zero-order valence-electron chi connectivity index (χ0n) is 11.7. The minimum Gasteiger partial charge on any atom is -0.358 e. The van der Waals surface area contributed by atoms with Crippen LogP contribution in [-0.4, -0.2) is 10.8 Å². The molecule has 2 aliphatic carbocycles. The van der Waals surface area contributed by atoms with Gasteiger partial charge in [-0.15, -0.1) is 0 Å². The molecule has 1 atom stereocenters. The molecule has 2 aromatic rings. The Kier molecular flexibility index (Phi) is 3.00. The molecule has 0 amide bonds. The highest BCUT2D eigenvalue weighted by molar-refractivity contribution is 6.31. The van der Waals surface area contributed by atoms with Crippen molar-refractivity contribution in [3.05, 3.63) is 58.3 Å². The summed E-state index contributed by atoms with van der Waals surface area (Å²) in [6.07, 6.45) is 9.67. The SMILES string of the molecule is O=C1CCCc2c(C3C=C(Cl)C=CC3)[nH]c3cccc1c23. The molecule has 0 radical (unpaired) electrons. The van der Waals surface area contributed by atoms with Gasteiger partial charge in [0, 0.05) is 39.5 Å². The average Bonchev–Trinajstić information content (AvgIpc) is 2.77. The standard InChI is InChI=1S/C18H16ClNO/c19-12-5-1-4-11(10-12)18-14-7-3-9-16(21)13-6-2-8-15(20-18)17(13)14/h1-2,5-6,8,10-11,20H,3-4,7,9H2. The van der Waals surface area contributed by atoms with Crippen LogP contribution in [0.25, 0.3) is 10.9 Å². The summed E-state index contributed by atoms with van der Waals surface area (Å²) in [6, 6.07) is 5.99. The van der Waals surface area contributed by atoms with Crippen LogP contribution in [0.2, 0.25) is 0 Å². The first-order chi connectivity index (χ1) is 10.2. The van der Waals surface area contributed by atoms with Crippen molar-refractivity contribution in [1.29, 1.82) is 0 Å². The monoisotopic (exact) mass is 297 g/mol. The minimum absolute atomic E-state index is 0.266. The Hall–Kier alpha value is -1.80. The summed E-state index contributed by atoms with van der Waals surface area (Å²) >= 11 is 6.16. The van der Waals surface area contributed by atoms with E-state index in [0.29, 0.717) is 6.42 Å². The van der Waals surface area contributed by atoms with Gasteiger partial charge in [0.25, 0.3) is 0 Å². The van der Waals surface area contributed by atoms with Crippen LogP contribution in [-0.2, 0) is 6.42 Å². The number of aromatic amines is 1. The molecular weight excluding hydrogens is 282 g/mol. The number of Topliss-reactive ketones (excluding diaryl/α,β-unsaturated/α-hetero) is 1. The fraction of sp³-hybridized carbons (Fsp3) is 0.278. The quantitative estimate of drug-likeness (QED) is 0.801. The lowest BCUT2D eigenvalue weighted by atomic mass is 9.92. The molecule has 0 saturated carbocycles. The third-order valence-electron chi connectivity index (χ3n) is 4.49. The van der Waals surface area contributed by atoms with E-state index in [4.69, 9.17) is 11.6 Å². The number of halogens is 1. The van der Waals surface area contributed by atoms with Crippen molar-refractivity contribution in [3.63, 3.8) is 0 Å². The van der Waals surface area contributed by atoms with Crippen molar-refractivity contribution in [2.24, 2.45) is 0 Å². The highest BCUT2D eigenvalue weighted by Crippen LogP contribution is 2.37. The van der Waals surface area contributed by atoms with Crippen LogP contribution in [0.4, 0.5) is 0 Å². The second-order valence-corrected chi connectivity index (χ2v) is 6.25. The Labute approximate surface area is 128 Å². The summed E-state index contributed by atoms with van der Waals surface area (Å²) < 4.78 is 0. The largest absolute Gasteiger partial charge is 0.358 e. The summed E-state index contributed by atoms with van der Waals surface area (Å²) in [4.78, 5) is 15.8. The lowest BCUT2D eigenvalue weighted by molar-refractivity contribution is 0.0983. The zero-order valence-corrected chi connectivity index (χ0v) is 12.4. The van der Waals surface area contributed by atoms with Gasteiger partial charge in [-0.1, -0.05) is 35.9 Å².